The predicted octanol–water partition coefficient (Wildman–Crippen LogP) is 3.91. The second-order valence-corrected chi connectivity index (χ2v) is 6.10. The molecule has 0 saturated carbocycles. The summed E-state index contributed by atoms with van der Waals surface area (Å²) in [4.78, 5) is 23.6. The second-order valence-electron chi connectivity index (χ2n) is 5.19. The van der Waals surface area contributed by atoms with Crippen molar-refractivity contribution in [3.05, 3.63) is 64.1 Å². The van der Waals surface area contributed by atoms with Gasteiger partial charge in [0.2, 0.25) is 0 Å². The highest BCUT2D eigenvalue weighted by atomic mass is 79.9. The minimum absolute atomic E-state index is 0.107. The Morgan fingerprint density at radius 3 is 2.52 bits per heavy atom. The number of hydrogen-bond acceptors (Lipinski definition) is 3. The molecule has 1 amide bonds. The van der Waals surface area contributed by atoms with Crippen LogP contribution in [-0.4, -0.2) is 18.3 Å². The molecule has 0 radical (unpaired) electrons. The van der Waals surface area contributed by atoms with Crippen molar-refractivity contribution in [1.82, 2.24) is 5.32 Å². The zero-order chi connectivity index (χ0) is 16.8. The lowest BCUT2D eigenvalue weighted by Crippen LogP contribution is -2.31. The van der Waals surface area contributed by atoms with Gasteiger partial charge in [0, 0.05) is 4.47 Å². The van der Waals surface area contributed by atoms with Gasteiger partial charge in [0.05, 0.1) is 11.6 Å². The summed E-state index contributed by atoms with van der Waals surface area (Å²) in [5.41, 5.74) is 1.47. The van der Waals surface area contributed by atoms with Crippen LogP contribution in [0, 0.1) is 0 Å². The molecule has 0 aliphatic carbocycles. The van der Waals surface area contributed by atoms with E-state index >= 15 is 0 Å². The van der Waals surface area contributed by atoms with Gasteiger partial charge >= 0.3 is 0 Å². The van der Waals surface area contributed by atoms with Gasteiger partial charge in [-0.2, -0.15) is 0 Å². The van der Waals surface area contributed by atoms with Crippen molar-refractivity contribution in [2.75, 3.05) is 6.61 Å². The number of benzene rings is 2. The van der Waals surface area contributed by atoms with Crippen molar-refractivity contribution in [2.45, 2.75) is 19.9 Å². The van der Waals surface area contributed by atoms with E-state index in [2.05, 4.69) is 21.2 Å². The fraction of sp³-hybridized carbons (Fsp3) is 0.222. The summed E-state index contributed by atoms with van der Waals surface area (Å²) in [7, 11) is 0. The van der Waals surface area contributed by atoms with Gasteiger partial charge in [0.25, 0.3) is 5.91 Å². The average molecular weight is 376 g/mol. The minimum Gasteiger partial charge on any atom is -0.483 e. The summed E-state index contributed by atoms with van der Waals surface area (Å²) >= 11 is 3.32. The highest BCUT2D eigenvalue weighted by molar-refractivity contribution is 9.10. The van der Waals surface area contributed by atoms with E-state index < -0.39 is 0 Å². The lowest BCUT2D eigenvalue weighted by atomic mass is 10.1. The molecule has 0 heterocycles. The zero-order valence-electron chi connectivity index (χ0n) is 13.0. The predicted molar refractivity (Wildman–Crippen MR) is 92.6 cm³/mol. The number of ketones is 1. The second kappa shape index (κ2) is 7.92. The Morgan fingerprint density at radius 2 is 1.87 bits per heavy atom. The maximum absolute atomic E-state index is 12.0. The maximum Gasteiger partial charge on any atom is 0.258 e. The zero-order valence-corrected chi connectivity index (χ0v) is 14.6. The van der Waals surface area contributed by atoms with E-state index in [1.165, 1.54) is 6.92 Å². The molecule has 0 fully saturated rings. The molecule has 23 heavy (non-hydrogen) atoms. The summed E-state index contributed by atoms with van der Waals surface area (Å²) in [5, 5.41) is 2.87. The van der Waals surface area contributed by atoms with Gasteiger partial charge in [-0.15, -0.1) is 0 Å². The molecule has 4 nitrogen and oxygen atoms in total. The van der Waals surface area contributed by atoms with Gasteiger partial charge in [0.1, 0.15) is 5.75 Å². The Labute approximate surface area is 144 Å². The Morgan fingerprint density at radius 1 is 1.17 bits per heavy atom. The standard InChI is InChI=1S/C18H18BrNO3/c1-12(14-6-4-3-5-7-14)20-18(22)11-23-17-9-8-15(19)10-16(17)13(2)21/h3-10,12H,11H2,1-2H3,(H,20,22). The summed E-state index contributed by atoms with van der Waals surface area (Å²) < 4.78 is 6.29. The molecule has 2 rings (SSSR count). The number of nitrogens with one attached hydrogen (secondary N) is 1. The lowest BCUT2D eigenvalue weighted by Gasteiger charge is -2.15. The first-order chi connectivity index (χ1) is 11.0. The highest BCUT2D eigenvalue weighted by Crippen LogP contribution is 2.23. The lowest BCUT2D eigenvalue weighted by molar-refractivity contribution is -0.123. The molecule has 0 aliphatic rings. The Bertz CT molecular complexity index is 701. The van der Waals surface area contributed by atoms with Crippen molar-refractivity contribution >= 4 is 27.6 Å². The van der Waals surface area contributed by atoms with Crippen LogP contribution in [0.4, 0.5) is 0 Å². The molecule has 0 spiro atoms. The summed E-state index contributed by atoms with van der Waals surface area (Å²) in [6.45, 7) is 3.24. The number of hydrogen-bond donors (Lipinski definition) is 1. The number of carbonyl (C=O) groups excluding carboxylic acids is 2. The highest BCUT2D eigenvalue weighted by Gasteiger charge is 2.13. The SMILES string of the molecule is CC(=O)c1cc(Br)ccc1OCC(=O)NC(C)c1ccccc1. The van der Waals surface area contributed by atoms with Gasteiger partial charge in [-0.3, -0.25) is 9.59 Å². The van der Waals surface area contributed by atoms with Crippen LogP contribution in [0.1, 0.15) is 35.8 Å². The van der Waals surface area contributed by atoms with Crippen molar-refractivity contribution in [3.63, 3.8) is 0 Å². The van der Waals surface area contributed by atoms with E-state index in [1.54, 1.807) is 18.2 Å². The Balaban J connectivity index is 1.96. The smallest absolute Gasteiger partial charge is 0.258 e. The van der Waals surface area contributed by atoms with Crippen LogP contribution in [0.25, 0.3) is 0 Å². The number of amides is 1. The van der Waals surface area contributed by atoms with Crippen LogP contribution in [0.15, 0.2) is 53.0 Å². The minimum atomic E-state index is -0.237. The van der Waals surface area contributed by atoms with Crippen LogP contribution >= 0.6 is 15.9 Å². The van der Waals surface area contributed by atoms with E-state index in [-0.39, 0.29) is 24.3 Å². The quantitative estimate of drug-likeness (QED) is 0.778. The summed E-state index contributed by atoms with van der Waals surface area (Å²) in [5.74, 6) is 0.0568. The first kappa shape index (κ1) is 17.2. The van der Waals surface area contributed by atoms with Crippen LogP contribution < -0.4 is 10.1 Å². The van der Waals surface area contributed by atoms with Crippen LogP contribution in [0.3, 0.4) is 0 Å². The molecule has 0 bridgehead atoms. The number of rotatable bonds is 6. The van der Waals surface area contributed by atoms with Crippen LogP contribution in [0.5, 0.6) is 5.75 Å². The number of ether oxygens (including phenoxy) is 1. The first-order valence-electron chi connectivity index (χ1n) is 7.25. The molecule has 5 heteroatoms. The third-order valence-electron chi connectivity index (χ3n) is 3.36. The molecule has 1 N–H and O–H groups in total. The van der Waals surface area contributed by atoms with Crippen LogP contribution in [-0.2, 0) is 4.79 Å². The van der Waals surface area contributed by atoms with E-state index in [0.29, 0.717) is 11.3 Å². The van der Waals surface area contributed by atoms with Crippen molar-refractivity contribution in [3.8, 4) is 5.75 Å². The molecular formula is C18H18BrNO3. The van der Waals surface area contributed by atoms with E-state index in [0.717, 1.165) is 10.0 Å². The summed E-state index contributed by atoms with van der Waals surface area (Å²) in [6, 6.07) is 14.7. The van der Waals surface area contributed by atoms with E-state index in [1.807, 2.05) is 37.3 Å². The fourth-order valence-corrected chi connectivity index (χ4v) is 2.52. The topological polar surface area (TPSA) is 55.4 Å². The van der Waals surface area contributed by atoms with Gasteiger partial charge in [-0.05, 0) is 37.6 Å². The molecule has 0 saturated heterocycles. The molecule has 120 valence electrons. The first-order valence-corrected chi connectivity index (χ1v) is 8.04. The van der Waals surface area contributed by atoms with Gasteiger partial charge in [0.15, 0.2) is 12.4 Å². The Kier molecular flexibility index (Phi) is 5.93. The van der Waals surface area contributed by atoms with Gasteiger partial charge < -0.3 is 10.1 Å². The Hall–Kier alpha value is -2.14. The van der Waals surface area contributed by atoms with Crippen molar-refractivity contribution in [1.29, 1.82) is 0 Å². The average Bonchev–Trinajstić information content (AvgIpc) is 2.54. The van der Waals surface area contributed by atoms with Crippen molar-refractivity contribution in [2.24, 2.45) is 0 Å². The number of Topliss-reactive ketones (excluding diaryl/α,β-unsaturated/α-hetero) is 1. The molecule has 0 aliphatic heterocycles. The third-order valence-corrected chi connectivity index (χ3v) is 3.85. The van der Waals surface area contributed by atoms with E-state index in [4.69, 9.17) is 4.74 Å². The largest absolute Gasteiger partial charge is 0.483 e. The van der Waals surface area contributed by atoms with Gasteiger partial charge in [-0.1, -0.05) is 46.3 Å². The molecule has 1 atom stereocenters. The van der Waals surface area contributed by atoms with Crippen LogP contribution in [0.2, 0.25) is 0 Å². The third kappa shape index (κ3) is 4.93. The molecule has 1 unspecified atom stereocenters. The van der Waals surface area contributed by atoms with Gasteiger partial charge in [-0.25, -0.2) is 0 Å². The van der Waals surface area contributed by atoms with Crippen molar-refractivity contribution < 1.29 is 14.3 Å². The molecule has 2 aromatic carbocycles. The molecule has 2 aromatic rings. The number of carbonyl (C=O) groups is 2. The van der Waals surface area contributed by atoms with E-state index in [9.17, 15) is 9.59 Å². The summed E-state index contributed by atoms with van der Waals surface area (Å²) in [6.07, 6.45) is 0. The normalized spacial score (nSPS) is 11.6. The fourth-order valence-electron chi connectivity index (χ4n) is 2.15. The number of halogens is 1. The maximum atomic E-state index is 12.0. The molecule has 0 aromatic heterocycles. The monoisotopic (exact) mass is 375 g/mol. The molecular weight excluding hydrogens is 358 g/mol.